The molecule has 0 radical (unpaired) electrons. The molecule has 2 aromatic carbocycles. The molecular formula is C26H33BrClN3O3. The van der Waals surface area contributed by atoms with Crippen molar-refractivity contribution in [2.45, 2.75) is 58.9 Å². The van der Waals surface area contributed by atoms with Crippen LogP contribution in [0.2, 0.25) is 5.02 Å². The van der Waals surface area contributed by atoms with Crippen LogP contribution in [0, 0.1) is 5.41 Å². The van der Waals surface area contributed by atoms with Crippen molar-refractivity contribution in [1.29, 1.82) is 5.41 Å². The molecule has 8 heteroatoms. The highest BCUT2D eigenvalue weighted by atomic mass is 79.9. The van der Waals surface area contributed by atoms with Crippen LogP contribution in [-0.2, 0) is 17.4 Å². The van der Waals surface area contributed by atoms with Crippen molar-refractivity contribution in [1.82, 2.24) is 10.2 Å². The molecule has 0 spiro atoms. The number of nitrogens with zero attached hydrogens (tertiary/aromatic N) is 1. The van der Waals surface area contributed by atoms with Gasteiger partial charge in [-0.05, 0) is 40.7 Å². The normalized spacial score (nSPS) is 13.4. The Bertz CT molecular complexity index is 1130. The van der Waals surface area contributed by atoms with Crippen molar-refractivity contribution < 1.29 is 14.7 Å². The topological polar surface area (TPSA) is 93.5 Å². The molecule has 3 N–H and O–H groups in total. The van der Waals surface area contributed by atoms with Crippen LogP contribution in [0.1, 0.15) is 84.5 Å². The van der Waals surface area contributed by atoms with E-state index in [2.05, 4.69) is 5.32 Å². The zero-order valence-electron chi connectivity index (χ0n) is 20.7. The number of benzene rings is 2. The Hall–Kier alpha value is -2.38. The highest BCUT2D eigenvalue weighted by Gasteiger charge is 2.31. The molecule has 0 saturated carbocycles. The van der Waals surface area contributed by atoms with Crippen molar-refractivity contribution >= 4 is 46.1 Å². The quantitative estimate of drug-likeness (QED) is 0.432. The monoisotopic (exact) mass is 549 g/mol. The van der Waals surface area contributed by atoms with Gasteiger partial charge in [-0.3, -0.25) is 15.0 Å². The second kappa shape index (κ2) is 9.70. The molecular weight excluding hydrogens is 518 g/mol. The van der Waals surface area contributed by atoms with Gasteiger partial charge in [0, 0.05) is 35.8 Å². The summed E-state index contributed by atoms with van der Waals surface area (Å²) >= 11 is 6.27. The maximum absolute atomic E-state index is 13.3. The summed E-state index contributed by atoms with van der Waals surface area (Å²) < 4.78 is 0. The Balaban J connectivity index is 0.00000408. The number of ketones is 1. The van der Waals surface area contributed by atoms with Crippen molar-refractivity contribution in [3.63, 3.8) is 0 Å². The van der Waals surface area contributed by atoms with Crippen LogP contribution >= 0.6 is 28.6 Å². The first-order chi connectivity index (χ1) is 15.1. The summed E-state index contributed by atoms with van der Waals surface area (Å²) in [6.45, 7) is 12.4. The Morgan fingerprint density at radius 2 is 1.59 bits per heavy atom. The molecule has 1 amide bonds. The molecule has 2 aromatic rings. The number of phenolic OH excluding ortho intramolecular Hbond substituents is 1. The number of hydrogen-bond acceptors (Lipinski definition) is 4. The fourth-order valence-corrected chi connectivity index (χ4v) is 4.34. The van der Waals surface area contributed by atoms with Crippen LogP contribution in [0.4, 0.5) is 0 Å². The Kier molecular flexibility index (Phi) is 7.95. The first kappa shape index (κ1) is 27.9. The smallest absolute Gasteiger partial charge is 0.252 e. The molecule has 3 rings (SSSR count). The number of hydrogen-bond donors (Lipinski definition) is 3. The zero-order chi connectivity index (χ0) is 24.9. The molecule has 1 heterocycles. The molecule has 0 aromatic heterocycles. The number of carbonyl (C=O) groups excluding carboxylic acids is 2. The number of Topliss-reactive ketones (excluding diaryl/α,β-unsaturated/α-hetero) is 1. The van der Waals surface area contributed by atoms with Crippen LogP contribution in [0.15, 0.2) is 24.3 Å². The maximum Gasteiger partial charge on any atom is 0.252 e. The minimum atomic E-state index is -0.343. The summed E-state index contributed by atoms with van der Waals surface area (Å²) in [4.78, 5) is 27.1. The van der Waals surface area contributed by atoms with E-state index >= 15 is 0 Å². The van der Waals surface area contributed by atoms with Gasteiger partial charge in [-0.1, -0.05) is 53.1 Å². The van der Waals surface area contributed by atoms with E-state index < -0.39 is 0 Å². The zero-order valence-corrected chi connectivity index (χ0v) is 23.2. The number of halogens is 2. The highest BCUT2D eigenvalue weighted by molar-refractivity contribution is 8.93. The lowest BCUT2D eigenvalue weighted by molar-refractivity contribution is 0.0955. The van der Waals surface area contributed by atoms with Crippen molar-refractivity contribution in [2.75, 3.05) is 13.6 Å². The number of aromatic hydroxyl groups is 1. The molecule has 0 unspecified atom stereocenters. The highest BCUT2D eigenvalue weighted by Crippen LogP contribution is 2.40. The second-order valence-corrected chi connectivity index (χ2v) is 11.0. The summed E-state index contributed by atoms with van der Waals surface area (Å²) in [5, 5.41) is 22.4. The van der Waals surface area contributed by atoms with Crippen molar-refractivity contribution in [3.8, 4) is 5.75 Å². The summed E-state index contributed by atoms with van der Waals surface area (Å²) in [6, 6.07) is 6.83. The number of amidine groups is 1. The lowest BCUT2D eigenvalue weighted by Gasteiger charge is -2.28. The van der Waals surface area contributed by atoms with E-state index in [1.165, 1.54) is 7.05 Å². The number of nitrogens with one attached hydrogen (secondary N) is 2. The minimum absolute atomic E-state index is 0. The molecule has 0 aliphatic carbocycles. The van der Waals surface area contributed by atoms with Crippen LogP contribution in [0.5, 0.6) is 5.75 Å². The van der Waals surface area contributed by atoms with Crippen molar-refractivity contribution in [3.05, 3.63) is 62.7 Å². The Morgan fingerprint density at radius 1 is 1.06 bits per heavy atom. The summed E-state index contributed by atoms with van der Waals surface area (Å²) in [5.74, 6) is -0.0462. The lowest BCUT2D eigenvalue weighted by atomic mass is 9.78. The largest absolute Gasteiger partial charge is 0.507 e. The van der Waals surface area contributed by atoms with E-state index in [-0.39, 0.29) is 57.6 Å². The minimum Gasteiger partial charge on any atom is -0.507 e. The fourth-order valence-electron chi connectivity index (χ4n) is 4.07. The van der Waals surface area contributed by atoms with E-state index in [0.29, 0.717) is 28.3 Å². The van der Waals surface area contributed by atoms with E-state index in [1.807, 2.05) is 41.5 Å². The molecule has 0 fully saturated rings. The van der Waals surface area contributed by atoms with E-state index in [4.69, 9.17) is 17.0 Å². The molecule has 34 heavy (non-hydrogen) atoms. The standard InChI is InChI=1S/C26H32ClN3O3.BrH/c1-25(2,3)18-8-14(9-19(22(18)32)26(4,5)6)21(31)13-30-12-15-10-20(27)17(24(33)29-7)11-16(15)23(30)28;/h8-11,28,32H,12-13H2,1-7H3,(H,29,33);1H. The Morgan fingerprint density at radius 3 is 2.06 bits per heavy atom. The second-order valence-electron chi connectivity index (χ2n) is 10.6. The predicted molar refractivity (Wildman–Crippen MR) is 142 cm³/mol. The molecule has 184 valence electrons. The fraction of sp³-hybridized carbons (Fsp3) is 0.423. The van der Waals surface area contributed by atoms with E-state index in [9.17, 15) is 14.7 Å². The summed E-state index contributed by atoms with van der Waals surface area (Å²) in [5.41, 5.74) is 2.98. The molecule has 0 atom stereocenters. The number of rotatable bonds is 4. The first-order valence-corrected chi connectivity index (χ1v) is 11.3. The van der Waals surface area contributed by atoms with Gasteiger partial charge in [0.05, 0.1) is 17.1 Å². The maximum atomic E-state index is 13.3. The van der Waals surface area contributed by atoms with E-state index in [0.717, 1.165) is 16.7 Å². The van der Waals surface area contributed by atoms with Crippen LogP contribution in [-0.4, -0.2) is 41.1 Å². The average molecular weight is 551 g/mol. The third-order valence-electron chi connectivity index (χ3n) is 5.98. The van der Waals surface area contributed by atoms with Crippen LogP contribution in [0.25, 0.3) is 0 Å². The summed E-state index contributed by atoms with van der Waals surface area (Å²) in [7, 11) is 1.53. The molecule has 0 bridgehead atoms. The van der Waals surface area contributed by atoms with Gasteiger partial charge in [-0.15, -0.1) is 17.0 Å². The molecule has 0 saturated heterocycles. The number of fused-ring (bicyclic) bond motifs is 1. The van der Waals surface area contributed by atoms with Gasteiger partial charge < -0.3 is 15.3 Å². The van der Waals surface area contributed by atoms with Gasteiger partial charge in [0.15, 0.2) is 5.78 Å². The number of phenols is 1. The number of amides is 1. The summed E-state index contributed by atoms with van der Waals surface area (Å²) in [6.07, 6.45) is 0. The van der Waals surface area contributed by atoms with Gasteiger partial charge in [0.1, 0.15) is 11.6 Å². The van der Waals surface area contributed by atoms with Crippen LogP contribution < -0.4 is 5.32 Å². The van der Waals surface area contributed by atoms with Crippen LogP contribution in [0.3, 0.4) is 0 Å². The average Bonchev–Trinajstić information content (AvgIpc) is 2.99. The lowest BCUT2D eigenvalue weighted by Crippen LogP contribution is -2.31. The number of carbonyl (C=O) groups is 2. The predicted octanol–water partition coefficient (Wildman–Crippen LogP) is 5.60. The van der Waals surface area contributed by atoms with Crippen molar-refractivity contribution in [2.24, 2.45) is 0 Å². The van der Waals surface area contributed by atoms with Gasteiger partial charge in [0.25, 0.3) is 5.91 Å². The molecule has 1 aliphatic rings. The third kappa shape index (κ3) is 5.31. The third-order valence-corrected chi connectivity index (χ3v) is 6.29. The van der Waals surface area contributed by atoms with Gasteiger partial charge in [0.2, 0.25) is 0 Å². The van der Waals surface area contributed by atoms with E-state index in [1.54, 1.807) is 29.2 Å². The van der Waals surface area contributed by atoms with Gasteiger partial charge in [-0.2, -0.15) is 0 Å². The Labute approximate surface area is 217 Å². The molecule has 1 aliphatic heterocycles. The SMILES string of the molecule is Br.CNC(=O)c1cc2c(cc1Cl)CN(CC(=O)c1cc(C(C)(C)C)c(O)c(C(C)(C)C)c1)C2=N. The first-order valence-electron chi connectivity index (χ1n) is 10.9. The van der Waals surface area contributed by atoms with Gasteiger partial charge >= 0.3 is 0 Å². The van der Waals surface area contributed by atoms with Gasteiger partial charge in [-0.25, -0.2) is 0 Å². The molecule has 6 nitrogen and oxygen atoms in total.